The van der Waals surface area contributed by atoms with E-state index < -0.39 is 0 Å². The third kappa shape index (κ3) is 3.35. The minimum absolute atomic E-state index is 0.238. The molecular formula is C21H11Cl2N3O2S. The van der Waals surface area contributed by atoms with E-state index in [9.17, 15) is 4.79 Å². The van der Waals surface area contributed by atoms with Crippen LogP contribution in [0.2, 0.25) is 10.0 Å². The summed E-state index contributed by atoms with van der Waals surface area (Å²) in [7, 11) is 0. The van der Waals surface area contributed by atoms with E-state index in [4.69, 9.17) is 27.6 Å². The Morgan fingerprint density at radius 2 is 1.86 bits per heavy atom. The Hall–Kier alpha value is -2.93. The average molecular weight is 440 g/mol. The number of furan rings is 1. The van der Waals surface area contributed by atoms with E-state index in [2.05, 4.69) is 10.1 Å². The van der Waals surface area contributed by atoms with Gasteiger partial charge in [-0.3, -0.25) is 4.79 Å². The summed E-state index contributed by atoms with van der Waals surface area (Å²) in [4.78, 5) is 17.7. The summed E-state index contributed by atoms with van der Waals surface area (Å²) >= 11 is 13.5. The number of benzene rings is 2. The van der Waals surface area contributed by atoms with Gasteiger partial charge in [0.2, 0.25) is 4.96 Å². The number of halogens is 2. The Morgan fingerprint density at radius 1 is 1.03 bits per heavy atom. The molecule has 0 aliphatic rings. The van der Waals surface area contributed by atoms with Gasteiger partial charge < -0.3 is 4.42 Å². The fraction of sp³-hybridized carbons (Fsp3) is 0. The van der Waals surface area contributed by atoms with Gasteiger partial charge in [0.25, 0.3) is 5.56 Å². The van der Waals surface area contributed by atoms with E-state index in [-0.39, 0.29) is 5.56 Å². The van der Waals surface area contributed by atoms with E-state index in [0.717, 1.165) is 5.56 Å². The van der Waals surface area contributed by atoms with Crippen LogP contribution in [0.3, 0.4) is 0 Å². The lowest BCUT2D eigenvalue weighted by Crippen LogP contribution is -2.23. The van der Waals surface area contributed by atoms with Gasteiger partial charge in [-0.25, -0.2) is 0 Å². The molecule has 0 saturated carbocycles. The average Bonchev–Trinajstić information content (AvgIpc) is 3.42. The van der Waals surface area contributed by atoms with Crippen molar-refractivity contribution in [3.63, 3.8) is 0 Å². The minimum Gasteiger partial charge on any atom is -0.457 e. The molecule has 0 aliphatic carbocycles. The third-order valence-electron chi connectivity index (χ3n) is 4.31. The van der Waals surface area contributed by atoms with Gasteiger partial charge in [-0.15, -0.1) is 5.10 Å². The maximum atomic E-state index is 12.7. The largest absolute Gasteiger partial charge is 0.457 e. The second kappa shape index (κ2) is 7.15. The lowest BCUT2D eigenvalue weighted by atomic mass is 10.2. The summed E-state index contributed by atoms with van der Waals surface area (Å²) in [6, 6.07) is 18.3. The molecule has 0 atom stereocenters. The van der Waals surface area contributed by atoms with E-state index in [0.29, 0.717) is 42.4 Å². The van der Waals surface area contributed by atoms with Crippen LogP contribution < -0.4 is 10.1 Å². The van der Waals surface area contributed by atoms with Crippen LogP contribution >= 0.6 is 34.5 Å². The van der Waals surface area contributed by atoms with Gasteiger partial charge in [0, 0.05) is 22.2 Å². The topological polar surface area (TPSA) is 60.4 Å². The van der Waals surface area contributed by atoms with Crippen LogP contribution in [0.5, 0.6) is 0 Å². The van der Waals surface area contributed by atoms with Gasteiger partial charge in [0.05, 0.1) is 5.02 Å². The molecule has 5 aromatic rings. The molecule has 3 heterocycles. The molecule has 29 heavy (non-hydrogen) atoms. The normalized spacial score (nSPS) is 12.1. The van der Waals surface area contributed by atoms with Crippen molar-refractivity contribution in [2.45, 2.75) is 0 Å². The Kier molecular flexibility index (Phi) is 4.47. The van der Waals surface area contributed by atoms with Gasteiger partial charge >= 0.3 is 0 Å². The summed E-state index contributed by atoms with van der Waals surface area (Å²) in [5.41, 5.74) is 1.32. The third-order valence-corrected chi connectivity index (χ3v) is 5.83. The fourth-order valence-corrected chi connectivity index (χ4v) is 4.20. The maximum Gasteiger partial charge on any atom is 0.291 e. The van der Waals surface area contributed by atoms with E-state index in [1.807, 2.05) is 30.3 Å². The smallest absolute Gasteiger partial charge is 0.291 e. The lowest BCUT2D eigenvalue weighted by Gasteiger charge is -2.00. The Labute approximate surface area is 178 Å². The highest BCUT2D eigenvalue weighted by molar-refractivity contribution is 7.15. The number of hydrogen-bond acceptors (Lipinski definition) is 5. The molecule has 5 nitrogen and oxygen atoms in total. The lowest BCUT2D eigenvalue weighted by molar-refractivity contribution is 0.571. The van der Waals surface area contributed by atoms with Crippen LogP contribution in [-0.4, -0.2) is 14.6 Å². The Balaban J connectivity index is 1.54. The van der Waals surface area contributed by atoms with E-state index in [1.54, 1.807) is 36.4 Å². The van der Waals surface area contributed by atoms with Crippen LogP contribution in [0.1, 0.15) is 5.76 Å². The summed E-state index contributed by atoms with van der Waals surface area (Å²) in [6.45, 7) is 0. The van der Waals surface area contributed by atoms with Crippen molar-refractivity contribution < 1.29 is 4.42 Å². The van der Waals surface area contributed by atoms with Gasteiger partial charge in [0.15, 0.2) is 5.82 Å². The first kappa shape index (κ1) is 18.1. The molecule has 0 aliphatic heterocycles. The molecule has 0 fully saturated rings. The molecule has 0 unspecified atom stereocenters. The monoisotopic (exact) mass is 439 g/mol. The second-order valence-electron chi connectivity index (χ2n) is 6.24. The van der Waals surface area contributed by atoms with Crippen LogP contribution in [-0.2, 0) is 0 Å². The molecule has 5 rings (SSSR count). The first-order valence-corrected chi connectivity index (χ1v) is 10.2. The highest BCUT2D eigenvalue weighted by Crippen LogP contribution is 2.31. The van der Waals surface area contributed by atoms with Crippen molar-refractivity contribution in [2.24, 2.45) is 0 Å². The predicted octanol–water partition coefficient (Wildman–Crippen LogP) is 4.93. The molecule has 2 aromatic carbocycles. The summed E-state index contributed by atoms with van der Waals surface area (Å²) < 4.78 is 7.65. The number of rotatable bonds is 3. The molecule has 142 valence electrons. The fourth-order valence-electron chi connectivity index (χ4n) is 2.93. The Bertz CT molecular complexity index is 1450. The maximum absolute atomic E-state index is 12.7. The zero-order valence-corrected chi connectivity index (χ0v) is 17.0. The number of fused-ring (bicyclic) bond motifs is 1. The summed E-state index contributed by atoms with van der Waals surface area (Å²) in [6.07, 6.45) is 1.67. The SMILES string of the molecule is O=c1/c(=C/c2ccc(-c3cc(Cl)ccc3Cl)o2)sc2nc(-c3ccccc3)nn12. The standard InChI is InChI=1S/C21H11Cl2N3O2S/c22-13-6-8-16(23)15(10-13)17-9-7-14(28-17)11-18-20(27)26-21(29-18)24-19(25-26)12-4-2-1-3-5-12/h1-11H/b18-11-. The molecule has 8 heteroatoms. The number of nitrogens with zero attached hydrogens (tertiary/aromatic N) is 3. The van der Waals surface area contributed by atoms with Crippen molar-refractivity contribution >= 4 is 45.6 Å². The highest BCUT2D eigenvalue weighted by atomic mass is 35.5. The van der Waals surface area contributed by atoms with E-state index in [1.165, 1.54) is 15.9 Å². The molecule has 0 N–H and O–H groups in total. The van der Waals surface area contributed by atoms with E-state index >= 15 is 0 Å². The van der Waals surface area contributed by atoms with Crippen molar-refractivity contribution in [3.8, 4) is 22.7 Å². The highest BCUT2D eigenvalue weighted by Gasteiger charge is 2.13. The Morgan fingerprint density at radius 3 is 2.66 bits per heavy atom. The number of aromatic nitrogens is 3. The summed E-state index contributed by atoms with van der Waals surface area (Å²) in [5, 5.41) is 5.44. The number of hydrogen-bond donors (Lipinski definition) is 0. The predicted molar refractivity (Wildman–Crippen MR) is 116 cm³/mol. The van der Waals surface area contributed by atoms with Crippen molar-refractivity contribution in [1.82, 2.24) is 14.6 Å². The van der Waals surface area contributed by atoms with Gasteiger partial charge in [-0.05, 0) is 30.3 Å². The second-order valence-corrected chi connectivity index (χ2v) is 8.09. The van der Waals surface area contributed by atoms with Gasteiger partial charge in [0.1, 0.15) is 16.1 Å². The van der Waals surface area contributed by atoms with Crippen LogP contribution in [0.4, 0.5) is 0 Å². The zero-order valence-electron chi connectivity index (χ0n) is 14.7. The molecule has 0 amide bonds. The van der Waals surface area contributed by atoms with Gasteiger partial charge in [-0.1, -0.05) is 64.9 Å². The number of thiazole rings is 1. The molecule has 0 spiro atoms. The molecule has 0 saturated heterocycles. The summed E-state index contributed by atoms with van der Waals surface area (Å²) in [5.74, 6) is 1.62. The first-order valence-electron chi connectivity index (χ1n) is 8.60. The molecule has 3 aromatic heterocycles. The molecule has 0 radical (unpaired) electrons. The zero-order chi connectivity index (χ0) is 20.0. The van der Waals surface area contributed by atoms with Crippen molar-refractivity contribution in [1.29, 1.82) is 0 Å². The minimum atomic E-state index is -0.238. The first-order chi connectivity index (χ1) is 14.1. The van der Waals surface area contributed by atoms with Crippen LogP contribution in [0, 0.1) is 0 Å². The quantitative estimate of drug-likeness (QED) is 0.399. The van der Waals surface area contributed by atoms with Crippen molar-refractivity contribution in [2.75, 3.05) is 0 Å². The van der Waals surface area contributed by atoms with Crippen LogP contribution in [0.15, 0.2) is 69.9 Å². The molecular weight excluding hydrogens is 429 g/mol. The van der Waals surface area contributed by atoms with Crippen LogP contribution in [0.25, 0.3) is 33.7 Å². The molecule has 0 bridgehead atoms. The van der Waals surface area contributed by atoms with Crippen molar-refractivity contribution in [3.05, 3.63) is 91.4 Å². The van der Waals surface area contributed by atoms with Gasteiger partial charge in [-0.2, -0.15) is 9.50 Å².